The molecule has 0 saturated carbocycles. The van der Waals surface area contributed by atoms with Crippen molar-refractivity contribution in [3.63, 3.8) is 0 Å². The van der Waals surface area contributed by atoms with E-state index in [0.29, 0.717) is 0 Å². The molecule has 1 amide bonds. The fourth-order valence-corrected chi connectivity index (χ4v) is 2.85. The van der Waals surface area contributed by atoms with Crippen LogP contribution in [0.3, 0.4) is 0 Å². The minimum absolute atomic E-state index is 0.121. The van der Waals surface area contributed by atoms with E-state index in [4.69, 9.17) is 0 Å². The largest absolute Gasteiger partial charge is 0.326 e. The monoisotopic (exact) mass is 287 g/mol. The number of nitrogens with one attached hydrogen (secondary N) is 1. The summed E-state index contributed by atoms with van der Waals surface area (Å²) >= 11 is 0. The van der Waals surface area contributed by atoms with E-state index in [1.54, 1.807) is 6.07 Å². The molecular weight excluding hydrogens is 272 g/mol. The van der Waals surface area contributed by atoms with E-state index in [1.165, 1.54) is 6.07 Å². The second-order valence-electron chi connectivity index (χ2n) is 5.42. The van der Waals surface area contributed by atoms with Gasteiger partial charge in [-0.3, -0.25) is 4.79 Å². The summed E-state index contributed by atoms with van der Waals surface area (Å²) in [6.45, 7) is 3.87. The van der Waals surface area contributed by atoms with Gasteiger partial charge in [-0.1, -0.05) is 24.3 Å². The highest BCUT2D eigenvalue weighted by molar-refractivity contribution is 5.96. The molecule has 1 N–H and O–H groups in total. The van der Waals surface area contributed by atoms with Crippen molar-refractivity contribution < 1.29 is 13.6 Å². The van der Waals surface area contributed by atoms with Crippen molar-refractivity contribution >= 4 is 11.6 Å². The number of aryl methyl sites for hydroxylation is 1. The Kier molecular flexibility index (Phi) is 3.24. The van der Waals surface area contributed by atoms with Crippen molar-refractivity contribution in [2.24, 2.45) is 0 Å². The third kappa shape index (κ3) is 2.20. The van der Waals surface area contributed by atoms with Crippen LogP contribution in [0.5, 0.6) is 0 Å². The molecule has 1 heterocycles. The minimum Gasteiger partial charge on any atom is -0.326 e. The molecule has 1 aliphatic rings. The van der Waals surface area contributed by atoms with Gasteiger partial charge < -0.3 is 5.32 Å². The Balaban J connectivity index is 2.20. The van der Waals surface area contributed by atoms with E-state index in [2.05, 4.69) is 5.32 Å². The molecule has 0 fully saturated rings. The van der Waals surface area contributed by atoms with Crippen molar-refractivity contribution in [1.29, 1.82) is 0 Å². The number of hydrogen-bond donors (Lipinski definition) is 1. The molecule has 1 atom stereocenters. The molecule has 1 aliphatic heterocycles. The van der Waals surface area contributed by atoms with Gasteiger partial charge in [0.1, 0.15) is 0 Å². The molecule has 0 radical (unpaired) electrons. The second-order valence-corrected chi connectivity index (χ2v) is 5.42. The van der Waals surface area contributed by atoms with Crippen LogP contribution in [0.2, 0.25) is 0 Å². The van der Waals surface area contributed by atoms with E-state index in [9.17, 15) is 13.6 Å². The number of anilines is 1. The van der Waals surface area contributed by atoms with Crippen LogP contribution in [0.15, 0.2) is 30.3 Å². The Labute approximate surface area is 121 Å². The molecular formula is C17H15F2NO. The molecule has 1 unspecified atom stereocenters. The molecule has 0 bridgehead atoms. The smallest absolute Gasteiger partial charge is 0.225 e. The van der Waals surface area contributed by atoms with Gasteiger partial charge in [0.15, 0.2) is 11.6 Å². The normalized spacial score (nSPS) is 17.3. The Bertz CT molecular complexity index is 740. The molecule has 0 aliphatic carbocycles. The predicted molar refractivity (Wildman–Crippen MR) is 77.4 cm³/mol. The number of fused-ring (bicyclic) bond motifs is 1. The lowest BCUT2D eigenvalue weighted by molar-refractivity contribution is -0.116. The number of rotatable bonds is 1. The molecule has 3 rings (SSSR count). The van der Waals surface area contributed by atoms with Crippen LogP contribution >= 0.6 is 0 Å². The Morgan fingerprint density at radius 3 is 2.62 bits per heavy atom. The van der Waals surface area contributed by atoms with Crippen LogP contribution < -0.4 is 5.32 Å². The average Bonchev–Trinajstić information content (AvgIpc) is 2.46. The Morgan fingerprint density at radius 1 is 1.10 bits per heavy atom. The highest BCUT2D eigenvalue weighted by atomic mass is 19.2. The van der Waals surface area contributed by atoms with Gasteiger partial charge >= 0.3 is 0 Å². The van der Waals surface area contributed by atoms with Gasteiger partial charge in [-0.15, -0.1) is 0 Å². The van der Waals surface area contributed by atoms with Gasteiger partial charge in [0.05, 0.1) is 0 Å². The van der Waals surface area contributed by atoms with Gasteiger partial charge in [0.25, 0.3) is 0 Å². The molecule has 0 spiro atoms. The maximum Gasteiger partial charge on any atom is 0.225 e. The van der Waals surface area contributed by atoms with Gasteiger partial charge in [-0.2, -0.15) is 0 Å². The van der Waals surface area contributed by atoms with Crippen molar-refractivity contribution in [3.8, 4) is 0 Å². The highest BCUT2D eigenvalue weighted by Crippen LogP contribution is 2.40. The summed E-state index contributed by atoms with van der Waals surface area (Å²) in [5, 5.41) is 2.85. The van der Waals surface area contributed by atoms with Gasteiger partial charge in [0.2, 0.25) is 5.91 Å². The third-order valence-corrected chi connectivity index (χ3v) is 4.15. The lowest BCUT2D eigenvalue weighted by Gasteiger charge is -2.28. The fourth-order valence-electron chi connectivity index (χ4n) is 2.85. The van der Waals surface area contributed by atoms with Crippen LogP contribution in [0.4, 0.5) is 14.5 Å². The molecule has 2 nitrogen and oxygen atoms in total. The van der Waals surface area contributed by atoms with Crippen molar-refractivity contribution in [2.75, 3.05) is 5.32 Å². The lowest BCUT2D eigenvalue weighted by Crippen LogP contribution is -2.25. The topological polar surface area (TPSA) is 29.1 Å². The zero-order chi connectivity index (χ0) is 15.1. The first-order valence-corrected chi connectivity index (χ1v) is 6.83. The summed E-state index contributed by atoms with van der Waals surface area (Å²) in [4.78, 5) is 11.9. The zero-order valence-electron chi connectivity index (χ0n) is 11.8. The third-order valence-electron chi connectivity index (χ3n) is 4.15. The molecule has 0 aromatic heterocycles. The van der Waals surface area contributed by atoms with Gasteiger partial charge in [-0.05, 0) is 42.2 Å². The zero-order valence-corrected chi connectivity index (χ0v) is 11.8. The first-order chi connectivity index (χ1) is 9.99. The summed E-state index contributed by atoms with van der Waals surface area (Å²) in [6.07, 6.45) is 0.121. The summed E-state index contributed by atoms with van der Waals surface area (Å²) in [6, 6.07) is 7.92. The number of carbonyl (C=O) groups is 1. The van der Waals surface area contributed by atoms with Crippen molar-refractivity contribution in [2.45, 2.75) is 26.2 Å². The molecule has 0 saturated heterocycles. The van der Waals surface area contributed by atoms with E-state index in [1.807, 2.05) is 26.0 Å². The number of amides is 1. The van der Waals surface area contributed by atoms with E-state index >= 15 is 0 Å². The van der Waals surface area contributed by atoms with Crippen LogP contribution in [-0.4, -0.2) is 5.91 Å². The molecule has 21 heavy (non-hydrogen) atoms. The Morgan fingerprint density at radius 2 is 1.86 bits per heavy atom. The summed E-state index contributed by atoms with van der Waals surface area (Å²) in [7, 11) is 0. The van der Waals surface area contributed by atoms with E-state index in [0.717, 1.165) is 28.4 Å². The molecule has 2 aromatic rings. The van der Waals surface area contributed by atoms with Crippen molar-refractivity contribution in [1.82, 2.24) is 0 Å². The van der Waals surface area contributed by atoms with Crippen molar-refractivity contribution in [3.05, 3.63) is 64.2 Å². The molecule has 2 aromatic carbocycles. The maximum atomic E-state index is 14.1. The quantitative estimate of drug-likeness (QED) is 0.842. The molecule has 4 heteroatoms. The highest BCUT2D eigenvalue weighted by Gasteiger charge is 2.30. The van der Waals surface area contributed by atoms with Gasteiger partial charge in [0, 0.05) is 18.0 Å². The second kappa shape index (κ2) is 4.95. The summed E-state index contributed by atoms with van der Waals surface area (Å²) in [5.74, 6) is -2.39. The fraction of sp³-hybridized carbons (Fsp3) is 0.235. The van der Waals surface area contributed by atoms with Crippen LogP contribution in [0.1, 0.15) is 34.6 Å². The number of carbonyl (C=O) groups excluding carboxylic acids is 1. The minimum atomic E-state index is -0.885. The molecule has 108 valence electrons. The van der Waals surface area contributed by atoms with Gasteiger partial charge in [-0.25, -0.2) is 8.78 Å². The lowest BCUT2D eigenvalue weighted by atomic mass is 9.82. The average molecular weight is 287 g/mol. The Hall–Kier alpha value is -2.23. The maximum absolute atomic E-state index is 14.1. The first-order valence-electron chi connectivity index (χ1n) is 6.83. The summed E-state index contributed by atoms with van der Waals surface area (Å²) < 4.78 is 27.6. The van der Waals surface area contributed by atoms with Crippen LogP contribution in [0, 0.1) is 25.5 Å². The first kappa shape index (κ1) is 13.7. The predicted octanol–water partition coefficient (Wildman–Crippen LogP) is 4.06. The number of benzene rings is 2. The summed E-state index contributed by atoms with van der Waals surface area (Å²) in [5.41, 5.74) is 3.80. The van der Waals surface area contributed by atoms with E-state index in [-0.39, 0.29) is 17.9 Å². The van der Waals surface area contributed by atoms with Crippen LogP contribution in [-0.2, 0) is 4.79 Å². The van der Waals surface area contributed by atoms with E-state index < -0.39 is 17.6 Å². The standard InChI is InChI=1S/C17H15F2NO/c1-9-6-7-12-13(8-15(21)20-17(12)10(9)2)11-4-3-5-14(18)16(11)19/h3-7,13H,8H2,1-2H3,(H,20,21). The number of halogens is 2. The number of hydrogen-bond acceptors (Lipinski definition) is 1. The van der Waals surface area contributed by atoms with Crippen LogP contribution in [0.25, 0.3) is 0 Å². The SMILES string of the molecule is Cc1ccc2c(c1C)NC(=O)CC2c1cccc(F)c1F.